The van der Waals surface area contributed by atoms with E-state index in [9.17, 15) is 0 Å². The molecule has 16 heavy (non-hydrogen) atoms. The van der Waals surface area contributed by atoms with Crippen molar-refractivity contribution in [3.8, 4) is 0 Å². The predicted molar refractivity (Wildman–Crippen MR) is 70.6 cm³/mol. The molecule has 0 atom stereocenters. The Bertz CT molecular complexity index is 496. The highest BCUT2D eigenvalue weighted by Gasteiger charge is 2.04. The molecule has 1 aromatic heterocycles. The van der Waals surface area contributed by atoms with E-state index in [1.54, 1.807) is 17.4 Å². The smallest absolute Gasteiger partial charge is 0.112 e. The number of thiazole rings is 1. The van der Waals surface area contributed by atoms with Gasteiger partial charge in [-0.15, -0.1) is 11.3 Å². The van der Waals surface area contributed by atoms with Gasteiger partial charge in [0.25, 0.3) is 0 Å². The molecule has 1 N–H and O–H groups in total. The zero-order valence-corrected chi connectivity index (χ0v) is 11.0. The van der Waals surface area contributed by atoms with E-state index < -0.39 is 0 Å². The summed E-state index contributed by atoms with van der Waals surface area (Å²) in [5, 5.41) is 7.39. The van der Waals surface area contributed by atoms with Gasteiger partial charge in [-0.1, -0.05) is 29.3 Å². The molecule has 2 nitrogen and oxygen atoms in total. The Hall–Kier alpha value is -0.770. The van der Waals surface area contributed by atoms with Crippen LogP contribution in [0.5, 0.6) is 0 Å². The van der Waals surface area contributed by atoms with Crippen molar-refractivity contribution in [2.24, 2.45) is 0 Å². The van der Waals surface area contributed by atoms with Crippen LogP contribution in [0.25, 0.3) is 0 Å². The lowest BCUT2D eigenvalue weighted by Crippen LogP contribution is -1.99. The quantitative estimate of drug-likeness (QED) is 0.898. The van der Waals surface area contributed by atoms with Gasteiger partial charge in [-0.3, -0.25) is 0 Å². The molecule has 0 saturated heterocycles. The molecule has 2 rings (SSSR count). The summed E-state index contributed by atoms with van der Waals surface area (Å²) in [6.07, 6.45) is 0. The predicted octanol–water partition coefficient (Wildman–Crippen LogP) is 4.37. The topological polar surface area (TPSA) is 24.9 Å². The van der Waals surface area contributed by atoms with Crippen LogP contribution in [0, 0.1) is 6.92 Å². The summed E-state index contributed by atoms with van der Waals surface area (Å²) in [4.78, 5) is 4.36. The molecule has 1 heterocycles. The first-order valence-corrected chi connectivity index (χ1v) is 6.39. The highest BCUT2D eigenvalue weighted by atomic mass is 35.5. The van der Waals surface area contributed by atoms with E-state index in [1.165, 1.54) is 0 Å². The van der Waals surface area contributed by atoms with Crippen LogP contribution in [0.4, 0.5) is 5.69 Å². The van der Waals surface area contributed by atoms with Crippen LogP contribution in [0.3, 0.4) is 0 Å². The molecule has 1 aromatic carbocycles. The van der Waals surface area contributed by atoms with Gasteiger partial charge in [0.15, 0.2) is 0 Å². The van der Waals surface area contributed by atoms with Crippen molar-refractivity contribution in [2.45, 2.75) is 13.5 Å². The van der Waals surface area contributed by atoms with Gasteiger partial charge in [-0.25, -0.2) is 4.98 Å². The van der Waals surface area contributed by atoms with Crippen LogP contribution in [0.1, 0.15) is 10.7 Å². The number of hydrogen-bond donors (Lipinski definition) is 1. The molecule has 0 unspecified atom stereocenters. The Morgan fingerprint density at radius 2 is 2.19 bits per heavy atom. The third-order valence-corrected chi connectivity index (χ3v) is 3.83. The molecule has 0 bridgehead atoms. The number of hydrogen-bond acceptors (Lipinski definition) is 3. The summed E-state index contributed by atoms with van der Waals surface area (Å²) in [7, 11) is 0. The molecule has 0 saturated carbocycles. The SMILES string of the molecule is Cc1csc(CNc2cccc(Cl)c2Cl)n1. The van der Waals surface area contributed by atoms with E-state index in [4.69, 9.17) is 23.2 Å². The number of nitrogens with one attached hydrogen (secondary N) is 1. The molecule has 0 spiro atoms. The minimum Gasteiger partial charge on any atom is -0.377 e. The average molecular weight is 273 g/mol. The maximum absolute atomic E-state index is 6.05. The minimum absolute atomic E-state index is 0.553. The number of nitrogens with zero attached hydrogens (tertiary/aromatic N) is 1. The normalized spacial score (nSPS) is 10.4. The first-order chi connectivity index (χ1) is 7.66. The molecular weight excluding hydrogens is 263 g/mol. The monoisotopic (exact) mass is 272 g/mol. The van der Waals surface area contributed by atoms with Gasteiger partial charge in [0.05, 0.1) is 22.3 Å². The fraction of sp³-hybridized carbons (Fsp3) is 0.182. The van der Waals surface area contributed by atoms with Crippen LogP contribution in [0.2, 0.25) is 10.0 Å². The summed E-state index contributed by atoms with van der Waals surface area (Å²) in [5.41, 5.74) is 1.88. The molecule has 2 aromatic rings. The second-order valence-electron chi connectivity index (χ2n) is 3.34. The number of aryl methyl sites for hydroxylation is 1. The Morgan fingerprint density at radius 3 is 2.88 bits per heavy atom. The summed E-state index contributed by atoms with van der Waals surface area (Å²) in [5.74, 6) is 0. The Balaban J connectivity index is 2.07. The molecule has 0 aliphatic carbocycles. The van der Waals surface area contributed by atoms with Gasteiger partial charge in [0.1, 0.15) is 5.01 Å². The van der Waals surface area contributed by atoms with Crippen LogP contribution in [-0.2, 0) is 6.54 Å². The second kappa shape index (κ2) is 5.04. The van der Waals surface area contributed by atoms with Gasteiger partial charge in [-0.05, 0) is 19.1 Å². The molecule has 0 aliphatic heterocycles. The second-order valence-corrected chi connectivity index (χ2v) is 5.07. The molecule has 84 valence electrons. The third-order valence-electron chi connectivity index (χ3n) is 2.05. The largest absolute Gasteiger partial charge is 0.377 e. The van der Waals surface area contributed by atoms with Crippen LogP contribution >= 0.6 is 34.5 Å². The molecule has 0 radical (unpaired) electrons. The van der Waals surface area contributed by atoms with Gasteiger partial charge in [0, 0.05) is 11.1 Å². The molecule has 0 fully saturated rings. The summed E-state index contributed by atoms with van der Waals surface area (Å²) < 4.78 is 0. The molecule has 0 aliphatic rings. The molecule has 0 amide bonds. The van der Waals surface area contributed by atoms with Gasteiger partial charge in [0.2, 0.25) is 0 Å². The van der Waals surface area contributed by atoms with E-state index in [0.29, 0.717) is 16.6 Å². The highest BCUT2D eigenvalue weighted by molar-refractivity contribution is 7.09. The van der Waals surface area contributed by atoms with Crippen LogP contribution in [-0.4, -0.2) is 4.98 Å². The third kappa shape index (κ3) is 2.67. The first kappa shape index (κ1) is 11.7. The fourth-order valence-corrected chi connectivity index (χ4v) is 2.37. The summed E-state index contributed by atoms with van der Waals surface area (Å²) >= 11 is 13.6. The standard InChI is InChI=1S/C11H10Cl2N2S/c1-7-6-16-10(15-7)5-14-9-4-2-3-8(12)11(9)13/h2-4,6,14H,5H2,1H3. The van der Waals surface area contributed by atoms with Crippen LogP contribution in [0.15, 0.2) is 23.6 Å². The van der Waals surface area contributed by atoms with E-state index in [-0.39, 0.29) is 0 Å². The number of rotatable bonds is 3. The van der Waals surface area contributed by atoms with Crippen molar-refractivity contribution in [1.29, 1.82) is 0 Å². The number of benzene rings is 1. The van der Waals surface area contributed by atoms with Crippen molar-refractivity contribution in [1.82, 2.24) is 4.98 Å². The lowest BCUT2D eigenvalue weighted by Gasteiger charge is -2.07. The van der Waals surface area contributed by atoms with E-state index in [2.05, 4.69) is 10.3 Å². The van der Waals surface area contributed by atoms with Crippen molar-refractivity contribution < 1.29 is 0 Å². The Labute approximate surface area is 108 Å². The Kier molecular flexibility index (Phi) is 3.69. The van der Waals surface area contributed by atoms with Crippen molar-refractivity contribution in [3.05, 3.63) is 44.3 Å². The zero-order chi connectivity index (χ0) is 11.5. The van der Waals surface area contributed by atoms with E-state index >= 15 is 0 Å². The van der Waals surface area contributed by atoms with Crippen LogP contribution < -0.4 is 5.32 Å². The van der Waals surface area contributed by atoms with E-state index in [0.717, 1.165) is 16.4 Å². The lowest BCUT2D eigenvalue weighted by molar-refractivity contribution is 1.08. The minimum atomic E-state index is 0.553. The van der Waals surface area contributed by atoms with Crippen molar-refractivity contribution in [3.63, 3.8) is 0 Å². The number of aromatic nitrogens is 1. The molecular formula is C11H10Cl2N2S. The molecule has 5 heteroatoms. The summed E-state index contributed by atoms with van der Waals surface area (Å²) in [6, 6.07) is 5.53. The maximum atomic E-state index is 6.05. The van der Waals surface area contributed by atoms with Crippen molar-refractivity contribution in [2.75, 3.05) is 5.32 Å². The highest BCUT2D eigenvalue weighted by Crippen LogP contribution is 2.29. The zero-order valence-electron chi connectivity index (χ0n) is 8.63. The maximum Gasteiger partial charge on any atom is 0.112 e. The average Bonchev–Trinajstić information content (AvgIpc) is 2.67. The number of halogens is 2. The lowest BCUT2D eigenvalue weighted by atomic mass is 10.3. The van der Waals surface area contributed by atoms with Gasteiger partial charge < -0.3 is 5.32 Å². The Morgan fingerprint density at radius 1 is 1.38 bits per heavy atom. The van der Waals surface area contributed by atoms with Gasteiger partial charge in [-0.2, -0.15) is 0 Å². The summed E-state index contributed by atoms with van der Waals surface area (Å²) in [6.45, 7) is 2.64. The van der Waals surface area contributed by atoms with Crippen molar-refractivity contribution >= 4 is 40.2 Å². The first-order valence-electron chi connectivity index (χ1n) is 4.75. The van der Waals surface area contributed by atoms with E-state index in [1.807, 2.05) is 24.4 Å². The van der Waals surface area contributed by atoms with Gasteiger partial charge >= 0.3 is 0 Å². The number of anilines is 1. The fourth-order valence-electron chi connectivity index (χ4n) is 1.30.